The predicted octanol–water partition coefficient (Wildman–Crippen LogP) is 2.46. The number of amides is 1. The Morgan fingerprint density at radius 1 is 1.37 bits per heavy atom. The SMILES string of the molecule is CCN(C(=O)c1ccc(C)cc1F)C(C)(C)C(=O)O. The third-order valence-corrected chi connectivity index (χ3v) is 3.11. The summed E-state index contributed by atoms with van der Waals surface area (Å²) >= 11 is 0. The summed E-state index contributed by atoms with van der Waals surface area (Å²) in [4.78, 5) is 24.6. The van der Waals surface area contributed by atoms with Gasteiger partial charge in [0, 0.05) is 6.54 Å². The summed E-state index contributed by atoms with van der Waals surface area (Å²) in [7, 11) is 0. The largest absolute Gasteiger partial charge is 0.480 e. The standard InChI is InChI=1S/C14H18FNO3/c1-5-16(14(3,4)13(18)19)12(17)10-7-6-9(2)8-11(10)15/h6-8H,5H2,1-4H3,(H,18,19). The molecule has 0 bridgehead atoms. The Morgan fingerprint density at radius 3 is 2.37 bits per heavy atom. The van der Waals surface area contributed by atoms with Crippen molar-refractivity contribution >= 4 is 11.9 Å². The monoisotopic (exact) mass is 267 g/mol. The Kier molecular flexibility index (Phi) is 4.29. The molecule has 0 heterocycles. The molecule has 1 N–H and O–H groups in total. The number of hydrogen-bond acceptors (Lipinski definition) is 2. The first-order valence-electron chi connectivity index (χ1n) is 6.03. The Bertz CT molecular complexity index is 511. The number of benzene rings is 1. The molecule has 0 atom stereocenters. The lowest BCUT2D eigenvalue weighted by molar-refractivity contribution is -0.147. The summed E-state index contributed by atoms with van der Waals surface area (Å²) in [5.74, 6) is -2.38. The average Bonchev–Trinajstić information content (AvgIpc) is 2.28. The number of carbonyl (C=O) groups excluding carboxylic acids is 1. The predicted molar refractivity (Wildman–Crippen MR) is 69.6 cm³/mol. The Hall–Kier alpha value is -1.91. The Balaban J connectivity index is 3.19. The number of nitrogens with zero attached hydrogens (tertiary/aromatic N) is 1. The van der Waals surface area contributed by atoms with Gasteiger partial charge in [0.1, 0.15) is 11.4 Å². The van der Waals surface area contributed by atoms with Crippen molar-refractivity contribution < 1.29 is 19.1 Å². The fourth-order valence-corrected chi connectivity index (χ4v) is 1.85. The normalized spacial score (nSPS) is 11.2. The molecule has 0 aliphatic carbocycles. The lowest BCUT2D eigenvalue weighted by Gasteiger charge is -2.34. The van der Waals surface area contributed by atoms with E-state index in [1.165, 1.54) is 26.0 Å². The van der Waals surface area contributed by atoms with Crippen molar-refractivity contribution in [1.29, 1.82) is 0 Å². The second-order valence-corrected chi connectivity index (χ2v) is 4.90. The van der Waals surface area contributed by atoms with E-state index in [0.29, 0.717) is 5.56 Å². The minimum atomic E-state index is -1.39. The highest BCUT2D eigenvalue weighted by molar-refractivity contribution is 5.97. The van der Waals surface area contributed by atoms with Crippen molar-refractivity contribution in [3.63, 3.8) is 0 Å². The van der Waals surface area contributed by atoms with Crippen molar-refractivity contribution in [3.8, 4) is 0 Å². The smallest absolute Gasteiger partial charge is 0.329 e. The highest BCUT2D eigenvalue weighted by atomic mass is 19.1. The number of rotatable bonds is 4. The van der Waals surface area contributed by atoms with Gasteiger partial charge in [-0.05, 0) is 45.4 Å². The van der Waals surface area contributed by atoms with Gasteiger partial charge < -0.3 is 10.0 Å². The molecule has 1 aromatic carbocycles. The number of carbonyl (C=O) groups is 2. The van der Waals surface area contributed by atoms with Gasteiger partial charge in [-0.3, -0.25) is 4.79 Å². The van der Waals surface area contributed by atoms with Gasteiger partial charge in [-0.25, -0.2) is 9.18 Å². The molecular formula is C14H18FNO3. The van der Waals surface area contributed by atoms with Crippen molar-refractivity contribution in [2.24, 2.45) is 0 Å². The second kappa shape index (κ2) is 5.38. The van der Waals surface area contributed by atoms with E-state index in [0.717, 1.165) is 4.90 Å². The fraction of sp³-hybridized carbons (Fsp3) is 0.429. The number of carboxylic acid groups (broad SMARTS) is 1. The van der Waals surface area contributed by atoms with Crippen LogP contribution in [0.3, 0.4) is 0 Å². The summed E-state index contributed by atoms with van der Waals surface area (Å²) in [6, 6.07) is 4.26. The third-order valence-electron chi connectivity index (χ3n) is 3.11. The van der Waals surface area contributed by atoms with Crippen molar-refractivity contribution in [3.05, 3.63) is 35.1 Å². The van der Waals surface area contributed by atoms with Crippen LogP contribution in [0.5, 0.6) is 0 Å². The van der Waals surface area contributed by atoms with Crippen molar-refractivity contribution in [1.82, 2.24) is 4.90 Å². The van der Waals surface area contributed by atoms with Gasteiger partial charge in [-0.1, -0.05) is 6.07 Å². The Labute approximate surface area is 111 Å². The number of likely N-dealkylation sites (N-methyl/N-ethyl adjacent to an activating group) is 1. The molecule has 1 rings (SSSR count). The van der Waals surface area contributed by atoms with Gasteiger partial charge in [0.2, 0.25) is 0 Å². The number of halogens is 1. The zero-order valence-corrected chi connectivity index (χ0v) is 11.5. The highest BCUT2D eigenvalue weighted by Crippen LogP contribution is 2.20. The molecule has 1 amide bonds. The quantitative estimate of drug-likeness (QED) is 0.911. The molecule has 0 aliphatic heterocycles. The van der Waals surface area contributed by atoms with E-state index in [-0.39, 0.29) is 12.1 Å². The molecule has 0 unspecified atom stereocenters. The minimum Gasteiger partial charge on any atom is -0.480 e. The zero-order chi connectivity index (χ0) is 14.8. The van der Waals surface area contributed by atoms with Crippen molar-refractivity contribution in [2.75, 3.05) is 6.54 Å². The molecule has 104 valence electrons. The average molecular weight is 267 g/mol. The first-order chi connectivity index (χ1) is 8.71. The summed E-state index contributed by atoms with van der Waals surface area (Å²) in [6.07, 6.45) is 0. The van der Waals surface area contributed by atoms with E-state index in [4.69, 9.17) is 5.11 Å². The van der Waals surface area contributed by atoms with Gasteiger partial charge in [0.15, 0.2) is 0 Å². The maximum atomic E-state index is 13.8. The van der Waals surface area contributed by atoms with Gasteiger partial charge in [0.05, 0.1) is 5.56 Å². The first kappa shape index (κ1) is 15.1. The van der Waals surface area contributed by atoms with Crippen LogP contribution in [0, 0.1) is 12.7 Å². The number of carboxylic acids is 1. The molecular weight excluding hydrogens is 249 g/mol. The molecule has 0 spiro atoms. The maximum Gasteiger partial charge on any atom is 0.329 e. The van der Waals surface area contributed by atoms with Crippen LogP contribution >= 0.6 is 0 Å². The summed E-state index contributed by atoms with van der Waals surface area (Å²) in [6.45, 7) is 6.40. The second-order valence-electron chi connectivity index (χ2n) is 4.90. The van der Waals surface area contributed by atoms with Gasteiger partial charge in [-0.15, -0.1) is 0 Å². The highest BCUT2D eigenvalue weighted by Gasteiger charge is 2.37. The van der Waals surface area contributed by atoms with E-state index in [1.54, 1.807) is 19.9 Å². The fourth-order valence-electron chi connectivity index (χ4n) is 1.85. The van der Waals surface area contributed by atoms with Crippen LogP contribution in [0.4, 0.5) is 4.39 Å². The van der Waals surface area contributed by atoms with Crippen molar-refractivity contribution in [2.45, 2.75) is 33.2 Å². The molecule has 1 aromatic rings. The first-order valence-corrected chi connectivity index (χ1v) is 6.03. The van der Waals surface area contributed by atoms with Crippen LogP contribution < -0.4 is 0 Å². The van der Waals surface area contributed by atoms with Crippen LogP contribution in [0.25, 0.3) is 0 Å². The van der Waals surface area contributed by atoms with E-state index in [1.807, 2.05) is 0 Å². The molecule has 4 nitrogen and oxygen atoms in total. The lowest BCUT2D eigenvalue weighted by atomic mass is 10.0. The molecule has 19 heavy (non-hydrogen) atoms. The van der Waals surface area contributed by atoms with Gasteiger partial charge >= 0.3 is 5.97 Å². The maximum absolute atomic E-state index is 13.8. The lowest BCUT2D eigenvalue weighted by Crippen LogP contribution is -2.53. The van der Waals surface area contributed by atoms with Crippen LogP contribution in [0.2, 0.25) is 0 Å². The molecule has 0 fully saturated rings. The van der Waals surface area contributed by atoms with Crippen LogP contribution in [-0.2, 0) is 4.79 Å². The number of aryl methyl sites for hydroxylation is 1. The van der Waals surface area contributed by atoms with Crippen LogP contribution in [-0.4, -0.2) is 34.0 Å². The molecule has 0 saturated carbocycles. The molecule has 0 radical (unpaired) electrons. The summed E-state index contributed by atoms with van der Waals surface area (Å²) < 4.78 is 13.8. The number of hydrogen-bond donors (Lipinski definition) is 1. The minimum absolute atomic E-state index is 0.109. The van der Waals surface area contributed by atoms with Crippen LogP contribution in [0.1, 0.15) is 36.7 Å². The zero-order valence-electron chi connectivity index (χ0n) is 11.5. The molecule has 0 aliphatic rings. The van der Waals surface area contributed by atoms with E-state index in [2.05, 4.69) is 0 Å². The summed E-state index contributed by atoms with van der Waals surface area (Å²) in [5, 5.41) is 9.16. The number of aliphatic carboxylic acids is 1. The third kappa shape index (κ3) is 2.92. The van der Waals surface area contributed by atoms with Crippen LogP contribution in [0.15, 0.2) is 18.2 Å². The molecule has 0 aromatic heterocycles. The summed E-state index contributed by atoms with van der Waals surface area (Å²) in [5.41, 5.74) is -0.792. The van der Waals surface area contributed by atoms with E-state index < -0.39 is 23.2 Å². The van der Waals surface area contributed by atoms with Gasteiger partial charge in [0.25, 0.3) is 5.91 Å². The van der Waals surface area contributed by atoms with E-state index in [9.17, 15) is 14.0 Å². The topological polar surface area (TPSA) is 57.6 Å². The van der Waals surface area contributed by atoms with E-state index >= 15 is 0 Å². The molecule has 5 heteroatoms. The Morgan fingerprint density at radius 2 is 1.95 bits per heavy atom. The molecule has 0 saturated heterocycles. The van der Waals surface area contributed by atoms with Gasteiger partial charge in [-0.2, -0.15) is 0 Å².